The minimum absolute atomic E-state index is 0.114. The maximum Gasteiger partial charge on any atom is 0.270 e. The number of hydrogen-bond donors (Lipinski definition) is 0. The SMILES string of the molecule is [CH2]C(C=C)c1cc(C(C)C)cc([N+](=O)[O-])c1. The smallest absolute Gasteiger partial charge is 0.258 e. The van der Waals surface area contributed by atoms with E-state index in [2.05, 4.69) is 13.5 Å². The third-order valence-electron chi connectivity index (χ3n) is 2.55. The average molecular weight is 218 g/mol. The third kappa shape index (κ3) is 2.69. The lowest BCUT2D eigenvalue weighted by atomic mass is 9.94. The summed E-state index contributed by atoms with van der Waals surface area (Å²) < 4.78 is 0. The summed E-state index contributed by atoms with van der Waals surface area (Å²) in [6.45, 7) is 11.6. The molecule has 0 fully saturated rings. The molecule has 1 rings (SSSR count). The summed E-state index contributed by atoms with van der Waals surface area (Å²) in [7, 11) is 0. The second-order valence-corrected chi connectivity index (χ2v) is 4.11. The maximum absolute atomic E-state index is 10.8. The van der Waals surface area contributed by atoms with Crippen LogP contribution >= 0.6 is 0 Å². The van der Waals surface area contributed by atoms with Crippen molar-refractivity contribution in [1.29, 1.82) is 0 Å². The van der Waals surface area contributed by atoms with Crippen molar-refractivity contribution in [2.75, 3.05) is 0 Å². The summed E-state index contributed by atoms with van der Waals surface area (Å²) in [5.41, 5.74) is 1.92. The number of benzene rings is 1. The molecular weight excluding hydrogens is 202 g/mol. The lowest BCUT2D eigenvalue weighted by Crippen LogP contribution is -1.98. The molecule has 16 heavy (non-hydrogen) atoms. The number of hydrogen-bond acceptors (Lipinski definition) is 2. The van der Waals surface area contributed by atoms with Crippen LogP contribution in [0.2, 0.25) is 0 Å². The van der Waals surface area contributed by atoms with Gasteiger partial charge in [0.05, 0.1) is 4.92 Å². The van der Waals surface area contributed by atoms with Crippen LogP contribution in [0.25, 0.3) is 0 Å². The van der Waals surface area contributed by atoms with E-state index < -0.39 is 0 Å². The van der Waals surface area contributed by atoms with Gasteiger partial charge in [-0.15, -0.1) is 6.58 Å². The van der Waals surface area contributed by atoms with Gasteiger partial charge in [0, 0.05) is 18.1 Å². The number of nitrogens with zero attached hydrogens (tertiary/aromatic N) is 1. The summed E-state index contributed by atoms with van der Waals surface area (Å²) in [5, 5.41) is 10.8. The van der Waals surface area contributed by atoms with Crippen molar-refractivity contribution < 1.29 is 4.92 Å². The molecule has 0 amide bonds. The Hall–Kier alpha value is -1.64. The van der Waals surface area contributed by atoms with E-state index in [1.54, 1.807) is 18.2 Å². The highest BCUT2D eigenvalue weighted by Crippen LogP contribution is 2.27. The Morgan fingerprint density at radius 1 is 1.31 bits per heavy atom. The summed E-state index contributed by atoms with van der Waals surface area (Å²) in [6, 6.07) is 5.13. The molecule has 1 aromatic rings. The molecule has 0 aliphatic heterocycles. The van der Waals surface area contributed by atoms with Gasteiger partial charge < -0.3 is 0 Å². The van der Waals surface area contributed by atoms with E-state index in [0.717, 1.165) is 11.1 Å². The second-order valence-electron chi connectivity index (χ2n) is 4.11. The van der Waals surface area contributed by atoms with Gasteiger partial charge in [-0.25, -0.2) is 0 Å². The van der Waals surface area contributed by atoms with Crippen molar-refractivity contribution in [3.63, 3.8) is 0 Å². The minimum atomic E-state index is -0.370. The first-order valence-electron chi connectivity index (χ1n) is 5.20. The third-order valence-corrected chi connectivity index (χ3v) is 2.55. The minimum Gasteiger partial charge on any atom is -0.258 e. The maximum atomic E-state index is 10.8. The fourth-order valence-corrected chi connectivity index (χ4v) is 1.45. The number of nitro groups is 1. The summed E-state index contributed by atoms with van der Waals surface area (Å²) in [4.78, 5) is 10.4. The van der Waals surface area contributed by atoms with Crippen LogP contribution < -0.4 is 0 Å². The number of allylic oxidation sites excluding steroid dienone is 1. The fraction of sp³-hybridized carbons (Fsp3) is 0.308. The fourth-order valence-electron chi connectivity index (χ4n) is 1.45. The molecule has 0 bridgehead atoms. The molecular formula is C13H16NO2. The van der Waals surface area contributed by atoms with E-state index in [9.17, 15) is 10.1 Å². The van der Waals surface area contributed by atoms with Crippen LogP contribution in [0.1, 0.15) is 36.8 Å². The van der Waals surface area contributed by atoms with Crippen LogP contribution in [0.15, 0.2) is 30.9 Å². The Labute approximate surface area is 95.9 Å². The molecule has 3 heteroatoms. The summed E-state index contributed by atoms with van der Waals surface area (Å²) in [6.07, 6.45) is 1.68. The number of non-ortho nitro benzene ring substituents is 1. The Bertz CT molecular complexity index is 410. The van der Waals surface area contributed by atoms with Crippen LogP contribution in [0, 0.1) is 17.0 Å². The molecule has 0 N–H and O–H groups in total. The molecule has 0 aromatic heterocycles. The molecule has 1 unspecified atom stereocenters. The van der Waals surface area contributed by atoms with Gasteiger partial charge >= 0.3 is 0 Å². The van der Waals surface area contributed by atoms with Crippen LogP contribution in [-0.2, 0) is 0 Å². The lowest BCUT2D eigenvalue weighted by molar-refractivity contribution is -0.385. The van der Waals surface area contributed by atoms with E-state index in [1.165, 1.54) is 0 Å². The molecule has 1 aromatic carbocycles. The highest BCUT2D eigenvalue weighted by molar-refractivity contribution is 5.43. The monoisotopic (exact) mass is 218 g/mol. The molecule has 0 spiro atoms. The molecule has 1 atom stereocenters. The molecule has 0 aliphatic carbocycles. The largest absolute Gasteiger partial charge is 0.270 e. The standard InChI is InChI=1S/C13H16NO2/c1-5-10(4)12-6-11(9(2)3)7-13(8-12)14(15)16/h5-10H,1,4H2,2-3H3. The first-order valence-corrected chi connectivity index (χ1v) is 5.20. The van der Waals surface area contributed by atoms with Crippen molar-refractivity contribution in [1.82, 2.24) is 0 Å². The van der Waals surface area contributed by atoms with Gasteiger partial charge in [0.2, 0.25) is 0 Å². The normalized spacial score (nSPS) is 12.5. The van der Waals surface area contributed by atoms with Crippen LogP contribution in [0.3, 0.4) is 0 Å². The quantitative estimate of drug-likeness (QED) is 0.438. The topological polar surface area (TPSA) is 43.1 Å². The molecule has 85 valence electrons. The number of nitro benzene ring substituents is 1. The van der Waals surface area contributed by atoms with Gasteiger partial charge in [-0.2, -0.15) is 0 Å². The van der Waals surface area contributed by atoms with Crippen molar-refractivity contribution in [3.8, 4) is 0 Å². The predicted octanol–water partition coefficient (Wildman–Crippen LogP) is 3.82. The Balaban J connectivity index is 3.29. The summed E-state index contributed by atoms with van der Waals surface area (Å²) in [5.74, 6) is 0.146. The van der Waals surface area contributed by atoms with Crippen LogP contribution in [0.5, 0.6) is 0 Å². The van der Waals surface area contributed by atoms with Crippen molar-refractivity contribution >= 4 is 5.69 Å². The number of rotatable bonds is 4. The van der Waals surface area contributed by atoms with Crippen molar-refractivity contribution in [2.45, 2.75) is 25.7 Å². The predicted molar refractivity (Wildman–Crippen MR) is 65.5 cm³/mol. The lowest BCUT2D eigenvalue weighted by Gasteiger charge is -2.11. The highest BCUT2D eigenvalue weighted by Gasteiger charge is 2.13. The van der Waals surface area contributed by atoms with Crippen LogP contribution in [0.4, 0.5) is 5.69 Å². The van der Waals surface area contributed by atoms with Crippen LogP contribution in [-0.4, -0.2) is 4.92 Å². The molecule has 0 heterocycles. The van der Waals surface area contributed by atoms with Gasteiger partial charge in [-0.1, -0.05) is 26.0 Å². The molecule has 1 radical (unpaired) electrons. The zero-order valence-electron chi connectivity index (χ0n) is 9.64. The van der Waals surface area contributed by atoms with E-state index in [4.69, 9.17) is 0 Å². The van der Waals surface area contributed by atoms with Crippen molar-refractivity contribution in [3.05, 3.63) is 59.0 Å². The first-order chi connectivity index (χ1) is 7.45. The molecule has 0 aliphatic rings. The molecule has 0 saturated carbocycles. The van der Waals surface area contributed by atoms with E-state index in [0.29, 0.717) is 0 Å². The van der Waals surface area contributed by atoms with Gasteiger partial charge in [0.25, 0.3) is 5.69 Å². The Morgan fingerprint density at radius 2 is 1.88 bits per heavy atom. The van der Waals surface area contributed by atoms with Gasteiger partial charge in [0.1, 0.15) is 0 Å². The average Bonchev–Trinajstić information content (AvgIpc) is 2.27. The van der Waals surface area contributed by atoms with E-state index in [1.807, 2.05) is 19.9 Å². The zero-order valence-corrected chi connectivity index (χ0v) is 9.64. The second kappa shape index (κ2) is 4.92. The van der Waals surface area contributed by atoms with E-state index >= 15 is 0 Å². The van der Waals surface area contributed by atoms with E-state index in [-0.39, 0.29) is 22.4 Å². The van der Waals surface area contributed by atoms with Gasteiger partial charge in [-0.05, 0) is 24.0 Å². The Kier molecular flexibility index (Phi) is 3.82. The Morgan fingerprint density at radius 3 is 2.31 bits per heavy atom. The molecule has 3 nitrogen and oxygen atoms in total. The van der Waals surface area contributed by atoms with Gasteiger partial charge in [0.15, 0.2) is 0 Å². The summed E-state index contributed by atoms with van der Waals surface area (Å²) >= 11 is 0. The first kappa shape index (κ1) is 12.4. The highest BCUT2D eigenvalue weighted by atomic mass is 16.6. The van der Waals surface area contributed by atoms with Crippen molar-refractivity contribution in [2.24, 2.45) is 0 Å². The zero-order chi connectivity index (χ0) is 12.3. The molecule has 0 saturated heterocycles. The van der Waals surface area contributed by atoms with Gasteiger partial charge in [-0.3, -0.25) is 10.1 Å².